The van der Waals surface area contributed by atoms with Gasteiger partial charge in [-0.2, -0.15) is 0 Å². The zero-order chi connectivity index (χ0) is 23.6. The Morgan fingerprint density at radius 3 is 2.22 bits per heavy atom. The van der Waals surface area contributed by atoms with Crippen LogP contribution in [0.4, 0.5) is 0 Å². The second-order valence-electron chi connectivity index (χ2n) is 8.19. The zero-order valence-electron chi connectivity index (χ0n) is 19.1. The van der Waals surface area contributed by atoms with E-state index in [2.05, 4.69) is 11.9 Å². The largest absolute Gasteiger partial charge is 0.462 e. The van der Waals surface area contributed by atoms with Crippen LogP contribution in [0.15, 0.2) is 43.0 Å². The first kappa shape index (κ1) is 28.3. The fourth-order valence-corrected chi connectivity index (χ4v) is 3.39. The zero-order valence-corrected chi connectivity index (χ0v) is 19.1. The molecule has 182 valence electrons. The second-order valence-corrected chi connectivity index (χ2v) is 8.19. The third-order valence-electron chi connectivity index (χ3n) is 5.41. The van der Waals surface area contributed by atoms with Crippen LogP contribution in [-0.4, -0.2) is 70.5 Å². The number of aliphatic hydroxyl groups excluding tert-OH is 4. The maximum absolute atomic E-state index is 12.6. The van der Waals surface area contributed by atoms with E-state index in [9.17, 15) is 20.1 Å². The summed E-state index contributed by atoms with van der Waals surface area (Å²) < 4.78 is 5.19. The van der Waals surface area contributed by atoms with Crippen LogP contribution >= 0.6 is 0 Å². The summed E-state index contributed by atoms with van der Waals surface area (Å²) in [5.41, 5.74) is 0.984. The fourth-order valence-electron chi connectivity index (χ4n) is 3.39. The first-order valence-corrected chi connectivity index (χ1v) is 11.7. The number of aliphatic hydroxyl groups is 4. The summed E-state index contributed by atoms with van der Waals surface area (Å²) in [7, 11) is 0. The molecule has 0 saturated heterocycles. The minimum Gasteiger partial charge on any atom is -0.462 e. The molecule has 0 radical (unpaired) electrons. The van der Waals surface area contributed by atoms with Gasteiger partial charge in [-0.1, -0.05) is 68.5 Å². The highest BCUT2D eigenvalue weighted by Gasteiger charge is 2.27. The van der Waals surface area contributed by atoms with E-state index in [0.717, 1.165) is 24.8 Å². The molecule has 0 fully saturated rings. The Hall–Kier alpha value is -1.77. The van der Waals surface area contributed by atoms with Gasteiger partial charge in [0.05, 0.1) is 6.61 Å². The van der Waals surface area contributed by atoms with Gasteiger partial charge in [-0.15, -0.1) is 6.58 Å². The van der Waals surface area contributed by atoms with E-state index in [-0.39, 0.29) is 0 Å². The highest BCUT2D eigenvalue weighted by atomic mass is 16.5. The average molecular weight is 452 g/mol. The molecule has 0 bridgehead atoms. The topological polar surface area (TPSA) is 119 Å². The van der Waals surface area contributed by atoms with Crippen LogP contribution in [0.5, 0.6) is 0 Å². The van der Waals surface area contributed by atoms with Gasteiger partial charge < -0.3 is 30.5 Å². The number of unbranched alkanes of at least 4 members (excludes halogenated alkanes) is 7. The van der Waals surface area contributed by atoms with Crippen molar-refractivity contribution in [2.24, 2.45) is 0 Å². The average Bonchev–Trinajstić information content (AvgIpc) is 2.82. The molecular weight excluding hydrogens is 410 g/mol. The molecule has 4 atom stereocenters. The van der Waals surface area contributed by atoms with Crippen LogP contribution in [0.1, 0.15) is 56.9 Å². The Morgan fingerprint density at radius 1 is 0.969 bits per heavy atom. The Balaban J connectivity index is 2.42. The molecule has 0 spiro atoms. The minimum atomic E-state index is -1.59. The number of allylic oxidation sites excluding steroid dienone is 1. The van der Waals surface area contributed by atoms with E-state index in [1.165, 1.54) is 32.1 Å². The van der Waals surface area contributed by atoms with Gasteiger partial charge in [0.15, 0.2) is 0 Å². The molecule has 0 aliphatic heterocycles. The summed E-state index contributed by atoms with van der Waals surface area (Å²) in [4.78, 5) is 12.6. The molecule has 1 aromatic carbocycles. The monoisotopic (exact) mass is 451 g/mol. The maximum atomic E-state index is 12.6. The molecule has 4 unspecified atom stereocenters. The lowest BCUT2D eigenvalue weighted by Gasteiger charge is -2.23. The van der Waals surface area contributed by atoms with Gasteiger partial charge in [-0.25, -0.2) is 0 Å². The van der Waals surface area contributed by atoms with Crippen molar-refractivity contribution in [3.8, 4) is 0 Å². The summed E-state index contributed by atoms with van der Waals surface area (Å²) in [6.07, 6.45) is 7.03. The fraction of sp³-hybridized carbons (Fsp3) is 0.640. The van der Waals surface area contributed by atoms with Crippen molar-refractivity contribution in [2.75, 3.05) is 19.8 Å². The van der Waals surface area contributed by atoms with E-state index in [4.69, 9.17) is 9.84 Å². The predicted octanol–water partition coefficient (Wildman–Crippen LogP) is 2.11. The van der Waals surface area contributed by atoms with Crippen LogP contribution in [0.2, 0.25) is 0 Å². The second kappa shape index (κ2) is 17.7. The number of rotatable bonds is 19. The van der Waals surface area contributed by atoms with Crippen LogP contribution in [0, 0.1) is 0 Å². The van der Waals surface area contributed by atoms with E-state index in [1.807, 2.05) is 36.4 Å². The number of carbonyl (C=O) groups excluding carboxylic acids is 1. The van der Waals surface area contributed by atoms with Gasteiger partial charge in [0.2, 0.25) is 0 Å². The van der Waals surface area contributed by atoms with Crippen molar-refractivity contribution < 1.29 is 30.0 Å². The first-order valence-electron chi connectivity index (χ1n) is 11.7. The summed E-state index contributed by atoms with van der Waals surface area (Å²) >= 11 is 0. The summed E-state index contributed by atoms with van der Waals surface area (Å²) in [6, 6.07) is 9.01. The van der Waals surface area contributed by atoms with Gasteiger partial charge in [0.1, 0.15) is 31.0 Å². The van der Waals surface area contributed by atoms with Gasteiger partial charge in [-0.05, 0) is 37.8 Å². The summed E-state index contributed by atoms with van der Waals surface area (Å²) in [5, 5.41) is 41.1. The van der Waals surface area contributed by atoms with Crippen molar-refractivity contribution in [3.05, 3.63) is 48.6 Å². The molecule has 0 amide bonds. The van der Waals surface area contributed by atoms with Crippen molar-refractivity contribution in [1.29, 1.82) is 0 Å². The number of benzene rings is 1. The van der Waals surface area contributed by atoms with Crippen molar-refractivity contribution >= 4 is 5.97 Å². The number of carbonyl (C=O) groups is 1. The first-order chi connectivity index (χ1) is 15.5. The lowest BCUT2D eigenvalue weighted by molar-refractivity contribution is -0.154. The molecule has 0 heterocycles. The molecule has 1 aromatic rings. The molecular formula is C25H41NO6. The molecule has 1 rings (SSSR count). The number of hydrogen-bond acceptors (Lipinski definition) is 7. The lowest BCUT2D eigenvalue weighted by Crippen LogP contribution is -2.45. The van der Waals surface area contributed by atoms with E-state index >= 15 is 0 Å². The molecule has 0 aliphatic carbocycles. The maximum Gasteiger partial charge on any atom is 0.323 e. The lowest BCUT2D eigenvalue weighted by atomic mass is 10.1. The van der Waals surface area contributed by atoms with Crippen molar-refractivity contribution in [1.82, 2.24) is 5.32 Å². The van der Waals surface area contributed by atoms with E-state index < -0.39 is 43.5 Å². The molecule has 7 heteroatoms. The van der Waals surface area contributed by atoms with Gasteiger partial charge in [0.25, 0.3) is 0 Å². The molecule has 5 N–H and O–H groups in total. The Bertz CT molecular complexity index is 612. The summed E-state index contributed by atoms with van der Waals surface area (Å²) in [6.45, 7) is 3.26. The molecule has 0 aliphatic rings. The Labute approximate surface area is 192 Å². The number of esters is 1. The normalized spacial score (nSPS) is 15.0. The van der Waals surface area contributed by atoms with Crippen LogP contribution in [-0.2, 0) is 16.0 Å². The van der Waals surface area contributed by atoms with Crippen molar-refractivity contribution in [2.45, 2.75) is 82.1 Å². The Kier molecular flexibility index (Phi) is 15.7. The van der Waals surface area contributed by atoms with Crippen LogP contribution < -0.4 is 5.32 Å². The number of ether oxygens (including phenoxy) is 1. The molecule has 0 aromatic heterocycles. The third kappa shape index (κ3) is 12.3. The standard InChI is InChI=1S/C25H41NO6/c1-2-3-4-5-6-7-8-9-13-16-26-21(17-20-14-11-10-12-15-20)25(31)32-19-23(29)24(30)22(28)18-27/h2,10-12,14-15,21-24,26-30H,1,3-9,13,16-19H2. The molecule has 7 nitrogen and oxygen atoms in total. The quantitative estimate of drug-likeness (QED) is 0.124. The SMILES string of the molecule is C=CCCCCCCCCCNC(Cc1ccccc1)C(=O)OCC(O)C(O)C(O)CO. The predicted molar refractivity (Wildman–Crippen MR) is 125 cm³/mol. The molecule has 0 saturated carbocycles. The highest BCUT2D eigenvalue weighted by molar-refractivity contribution is 5.76. The number of nitrogens with one attached hydrogen (secondary N) is 1. The van der Waals surface area contributed by atoms with Gasteiger partial charge in [-0.3, -0.25) is 4.79 Å². The molecule has 32 heavy (non-hydrogen) atoms. The van der Waals surface area contributed by atoms with Crippen molar-refractivity contribution in [3.63, 3.8) is 0 Å². The van der Waals surface area contributed by atoms with Crippen LogP contribution in [0.3, 0.4) is 0 Å². The summed E-state index contributed by atoms with van der Waals surface area (Å²) in [5.74, 6) is -0.527. The highest BCUT2D eigenvalue weighted by Crippen LogP contribution is 2.10. The van der Waals surface area contributed by atoms with Crippen LogP contribution in [0.25, 0.3) is 0 Å². The smallest absolute Gasteiger partial charge is 0.323 e. The Morgan fingerprint density at radius 2 is 1.59 bits per heavy atom. The van der Waals surface area contributed by atoms with E-state index in [1.54, 1.807) is 0 Å². The van der Waals surface area contributed by atoms with Gasteiger partial charge in [0, 0.05) is 0 Å². The minimum absolute atomic E-state index is 0.445. The van der Waals surface area contributed by atoms with E-state index in [0.29, 0.717) is 13.0 Å². The third-order valence-corrected chi connectivity index (χ3v) is 5.41. The van der Waals surface area contributed by atoms with Gasteiger partial charge >= 0.3 is 5.97 Å². The number of hydrogen-bond donors (Lipinski definition) is 5.